The van der Waals surface area contributed by atoms with E-state index in [2.05, 4.69) is 4.98 Å². The van der Waals surface area contributed by atoms with Crippen molar-refractivity contribution in [2.24, 2.45) is 21.1 Å². The number of morpholine rings is 1. The van der Waals surface area contributed by atoms with Crippen molar-refractivity contribution < 1.29 is 9.53 Å². The van der Waals surface area contributed by atoms with Crippen molar-refractivity contribution in [2.75, 3.05) is 32.1 Å². The monoisotopic (exact) mass is 353 g/mol. The lowest BCUT2D eigenvalue weighted by Crippen LogP contribution is -2.41. The van der Waals surface area contributed by atoms with Crippen molar-refractivity contribution in [2.45, 2.75) is 5.16 Å². The minimum atomic E-state index is -0.435. The molecule has 1 aliphatic rings. The van der Waals surface area contributed by atoms with Gasteiger partial charge in [0.2, 0.25) is 5.91 Å². The predicted octanol–water partition coefficient (Wildman–Crippen LogP) is -1.08. The summed E-state index contributed by atoms with van der Waals surface area (Å²) < 4.78 is 9.33. The van der Waals surface area contributed by atoms with Crippen LogP contribution in [0.5, 0.6) is 0 Å². The first-order chi connectivity index (χ1) is 11.4. The van der Waals surface area contributed by atoms with E-state index in [1.165, 1.54) is 23.4 Å². The molecule has 1 saturated heterocycles. The van der Waals surface area contributed by atoms with E-state index in [1.807, 2.05) is 0 Å². The number of nitrogens with zero attached hydrogens (tertiary/aromatic N) is 5. The third kappa shape index (κ3) is 2.75. The first-order valence-electron chi connectivity index (χ1n) is 7.52. The van der Waals surface area contributed by atoms with Crippen LogP contribution in [0.3, 0.4) is 0 Å². The van der Waals surface area contributed by atoms with Crippen LogP contribution in [-0.2, 0) is 30.7 Å². The third-order valence-electron chi connectivity index (χ3n) is 4.11. The largest absolute Gasteiger partial charge is 0.378 e. The van der Waals surface area contributed by atoms with Crippen molar-refractivity contribution in [3.05, 3.63) is 20.8 Å². The van der Waals surface area contributed by atoms with Gasteiger partial charge in [-0.2, -0.15) is 0 Å². The highest BCUT2D eigenvalue weighted by atomic mass is 32.2. The van der Waals surface area contributed by atoms with Crippen LogP contribution in [-0.4, -0.2) is 61.5 Å². The zero-order valence-corrected chi connectivity index (χ0v) is 14.6. The zero-order valence-electron chi connectivity index (χ0n) is 13.8. The van der Waals surface area contributed by atoms with Crippen LogP contribution < -0.4 is 11.2 Å². The molecule has 2 aromatic rings. The summed E-state index contributed by atoms with van der Waals surface area (Å²) >= 11 is 1.26. The molecule has 0 unspecified atom stereocenters. The Balaban J connectivity index is 1.88. The summed E-state index contributed by atoms with van der Waals surface area (Å²) in [7, 11) is 4.75. The van der Waals surface area contributed by atoms with Crippen LogP contribution in [0.4, 0.5) is 0 Å². The second-order valence-electron chi connectivity index (χ2n) is 5.61. The van der Waals surface area contributed by atoms with Crippen LogP contribution in [0.1, 0.15) is 0 Å². The number of carbonyl (C=O) groups excluding carboxylic acids is 1. The topological polar surface area (TPSA) is 91.4 Å². The maximum Gasteiger partial charge on any atom is 0.332 e. The molecule has 1 fully saturated rings. The van der Waals surface area contributed by atoms with Gasteiger partial charge in [0.1, 0.15) is 0 Å². The quantitative estimate of drug-likeness (QED) is 0.652. The lowest BCUT2D eigenvalue weighted by molar-refractivity contribution is -0.132. The number of fused-ring (bicyclic) bond motifs is 1. The molecule has 9 nitrogen and oxygen atoms in total. The number of aryl methyl sites for hydroxylation is 2. The Kier molecular flexibility index (Phi) is 4.50. The lowest BCUT2D eigenvalue weighted by Gasteiger charge is -2.26. The van der Waals surface area contributed by atoms with E-state index in [0.29, 0.717) is 37.1 Å². The van der Waals surface area contributed by atoms with Gasteiger partial charge < -0.3 is 14.2 Å². The average Bonchev–Trinajstić information content (AvgIpc) is 2.93. The van der Waals surface area contributed by atoms with Crippen molar-refractivity contribution in [1.29, 1.82) is 0 Å². The van der Waals surface area contributed by atoms with Gasteiger partial charge in [0.15, 0.2) is 16.3 Å². The molecule has 10 heteroatoms. The van der Waals surface area contributed by atoms with Crippen LogP contribution in [0.15, 0.2) is 14.7 Å². The summed E-state index contributed by atoms with van der Waals surface area (Å²) in [4.78, 5) is 42.6. The molecule has 1 amide bonds. The van der Waals surface area contributed by atoms with Crippen molar-refractivity contribution in [1.82, 2.24) is 23.6 Å². The molecule has 0 aromatic carbocycles. The molecule has 24 heavy (non-hydrogen) atoms. The highest BCUT2D eigenvalue weighted by Crippen LogP contribution is 2.20. The summed E-state index contributed by atoms with van der Waals surface area (Å²) in [5.41, 5.74) is -0.167. The number of carbonyl (C=O) groups is 1. The second kappa shape index (κ2) is 6.44. The summed E-state index contributed by atoms with van der Waals surface area (Å²) in [5, 5.41) is 0.532. The Hall–Kier alpha value is -2.07. The van der Waals surface area contributed by atoms with Crippen molar-refractivity contribution in [3.63, 3.8) is 0 Å². The predicted molar refractivity (Wildman–Crippen MR) is 89.3 cm³/mol. The van der Waals surface area contributed by atoms with Gasteiger partial charge in [0.25, 0.3) is 5.56 Å². The Morgan fingerprint density at radius 2 is 1.79 bits per heavy atom. The second-order valence-corrected chi connectivity index (χ2v) is 6.56. The molecule has 0 N–H and O–H groups in total. The number of aromatic nitrogens is 4. The molecule has 0 atom stereocenters. The molecular formula is C14H19N5O4S. The fourth-order valence-electron chi connectivity index (χ4n) is 2.72. The first kappa shape index (κ1) is 16.8. The lowest BCUT2D eigenvalue weighted by atomic mass is 10.4. The van der Waals surface area contributed by atoms with Gasteiger partial charge >= 0.3 is 5.69 Å². The fourth-order valence-corrected chi connectivity index (χ4v) is 3.59. The first-order valence-corrected chi connectivity index (χ1v) is 8.51. The van der Waals surface area contributed by atoms with Crippen LogP contribution in [0, 0.1) is 0 Å². The van der Waals surface area contributed by atoms with Gasteiger partial charge in [-0.15, -0.1) is 0 Å². The molecule has 0 radical (unpaired) electrons. The van der Waals surface area contributed by atoms with E-state index in [4.69, 9.17) is 4.74 Å². The van der Waals surface area contributed by atoms with E-state index in [1.54, 1.807) is 23.6 Å². The number of thioether (sulfide) groups is 1. The summed E-state index contributed by atoms with van der Waals surface area (Å²) in [5.74, 6) is 0.239. The molecular weight excluding hydrogens is 334 g/mol. The Morgan fingerprint density at radius 3 is 2.46 bits per heavy atom. The highest BCUT2D eigenvalue weighted by molar-refractivity contribution is 7.99. The summed E-state index contributed by atoms with van der Waals surface area (Å²) in [6.07, 6.45) is 0. The third-order valence-corrected chi connectivity index (χ3v) is 5.13. The van der Waals surface area contributed by atoms with E-state index >= 15 is 0 Å². The Bertz CT molecular complexity index is 906. The minimum absolute atomic E-state index is 0.0112. The molecule has 3 rings (SSSR count). The van der Waals surface area contributed by atoms with Gasteiger partial charge in [0.05, 0.1) is 19.0 Å². The average molecular weight is 353 g/mol. The summed E-state index contributed by atoms with van der Waals surface area (Å²) in [6, 6.07) is 0. The number of hydrogen-bond acceptors (Lipinski definition) is 6. The maximum atomic E-state index is 12.2. The fraction of sp³-hybridized carbons (Fsp3) is 0.571. The Morgan fingerprint density at radius 1 is 1.12 bits per heavy atom. The normalized spacial score (nSPS) is 15.2. The number of imidazole rings is 1. The Labute approximate surface area is 141 Å². The van der Waals surface area contributed by atoms with Crippen molar-refractivity contribution >= 4 is 28.8 Å². The van der Waals surface area contributed by atoms with Crippen LogP contribution in [0.25, 0.3) is 11.2 Å². The molecule has 2 aromatic heterocycles. The smallest absolute Gasteiger partial charge is 0.332 e. The molecule has 130 valence electrons. The van der Waals surface area contributed by atoms with E-state index in [9.17, 15) is 14.4 Å². The highest BCUT2D eigenvalue weighted by Gasteiger charge is 2.20. The van der Waals surface area contributed by atoms with E-state index in [-0.39, 0.29) is 17.2 Å². The van der Waals surface area contributed by atoms with Crippen LogP contribution in [0.2, 0.25) is 0 Å². The molecule has 1 aliphatic heterocycles. The molecule has 3 heterocycles. The maximum absolute atomic E-state index is 12.2. The van der Waals surface area contributed by atoms with Gasteiger partial charge in [-0.25, -0.2) is 9.78 Å². The number of amides is 1. The number of hydrogen-bond donors (Lipinski definition) is 0. The molecule has 0 spiro atoms. The van der Waals surface area contributed by atoms with Gasteiger partial charge in [-0.1, -0.05) is 11.8 Å². The molecule has 0 aliphatic carbocycles. The number of ether oxygens (including phenoxy) is 1. The van der Waals surface area contributed by atoms with Crippen molar-refractivity contribution in [3.8, 4) is 0 Å². The van der Waals surface area contributed by atoms with Crippen LogP contribution >= 0.6 is 11.8 Å². The molecule has 0 bridgehead atoms. The van der Waals surface area contributed by atoms with Gasteiger partial charge in [0, 0.05) is 34.2 Å². The van der Waals surface area contributed by atoms with Gasteiger partial charge in [-0.3, -0.25) is 18.7 Å². The number of rotatable bonds is 3. The summed E-state index contributed by atoms with van der Waals surface area (Å²) in [6.45, 7) is 2.30. The van der Waals surface area contributed by atoms with Gasteiger partial charge in [-0.05, 0) is 0 Å². The standard InChI is InChI=1S/C14H19N5O4S/c1-16-11-10(12(21)18(3)14(22)17(11)2)15-13(16)24-8-9(20)19-4-6-23-7-5-19/h4-8H2,1-3H3. The van der Waals surface area contributed by atoms with E-state index < -0.39 is 11.2 Å². The SMILES string of the molecule is Cn1c(=O)c2nc(SCC(=O)N3CCOCC3)n(C)c2n(C)c1=O. The minimum Gasteiger partial charge on any atom is -0.378 e. The van der Waals surface area contributed by atoms with E-state index in [0.717, 1.165) is 4.57 Å². The zero-order chi connectivity index (χ0) is 17.4. The molecule has 0 saturated carbocycles.